The number of carbonyl (C=O) groups excluding carboxylic acids is 2. The number of thiazole rings is 1. The second kappa shape index (κ2) is 16.6. The number of ether oxygens (including phenoxy) is 2. The molecule has 5 aromatic rings. The number of benzene rings is 3. The molecule has 0 saturated heterocycles. The largest absolute Gasteiger partial charge is 0.460 e. The molecule has 0 saturated carbocycles. The van der Waals surface area contributed by atoms with Crippen molar-refractivity contribution in [1.29, 1.82) is 5.26 Å². The van der Waals surface area contributed by atoms with Gasteiger partial charge in [0.1, 0.15) is 29.9 Å². The standard InChI is InChI=1S/C37H37F2N7O5S/c1-23-6-5-7-27(19-51-33(47)18-45(3)4)34(23)44-36(48)50-15-14-32(46-21-41-42-22-46)37(49,29-16-28(38)12-13-30(29)39)24(2)35-43-31(20-52-35)26-10-8-25(17-40)9-11-26/h5-13,16,20-22,24,32,49H,14-15,18-19H2,1-4H3,(H,44,48)/p+1/t24-,32?,37+/m1/s1. The molecule has 0 bridgehead atoms. The van der Waals surface area contributed by atoms with E-state index in [9.17, 15) is 24.3 Å². The molecule has 1 amide bonds. The summed E-state index contributed by atoms with van der Waals surface area (Å²) >= 11 is 1.24. The summed E-state index contributed by atoms with van der Waals surface area (Å²) in [4.78, 5) is 31.7. The number of likely N-dealkylation sites (N-methyl/N-ethyl adjacent to an activating group) is 1. The highest BCUT2D eigenvalue weighted by Gasteiger charge is 2.50. The maximum Gasteiger partial charge on any atom is 0.411 e. The van der Waals surface area contributed by atoms with Crippen LogP contribution < -0.4 is 9.88 Å². The Morgan fingerprint density at radius 1 is 1.15 bits per heavy atom. The van der Waals surface area contributed by atoms with Crippen LogP contribution in [0.4, 0.5) is 19.3 Å². The highest BCUT2D eigenvalue weighted by molar-refractivity contribution is 7.10. The van der Waals surface area contributed by atoms with Gasteiger partial charge in [-0.15, -0.1) is 16.4 Å². The summed E-state index contributed by atoms with van der Waals surface area (Å²) in [5, 5.41) is 33.6. The van der Waals surface area contributed by atoms with Gasteiger partial charge in [0.2, 0.25) is 6.33 Å². The average molecular weight is 731 g/mol. The van der Waals surface area contributed by atoms with Crippen LogP contribution in [0.3, 0.4) is 0 Å². The predicted molar refractivity (Wildman–Crippen MR) is 188 cm³/mol. The number of nitrogens with zero attached hydrogens (tertiary/aromatic N) is 5. The molecule has 52 heavy (non-hydrogen) atoms. The summed E-state index contributed by atoms with van der Waals surface area (Å²) in [5.74, 6) is -2.95. The Morgan fingerprint density at radius 3 is 2.62 bits per heavy atom. The third-order valence-electron chi connectivity index (χ3n) is 8.61. The maximum absolute atomic E-state index is 15.7. The fourth-order valence-corrected chi connectivity index (χ4v) is 6.88. The van der Waals surface area contributed by atoms with Crippen molar-refractivity contribution in [2.24, 2.45) is 0 Å². The first kappa shape index (κ1) is 37.7. The summed E-state index contributed by atoms with van der Waals surface area (Å²) in [7, 11) is 3.49. The van der Waals surface area contributed by atoms with E-state index in [1.54, 1.807) is 80.7 Å². The average Bonchev–Trinajstić information content (AvgIpc) is 3.84. The van der Waals surface area contributed by atoms with Gasteiger partial charge in [0.05, 0.1) is 41.2 Å². The zero-order valence-electron chi connectivity index (χ0n) is 29.0. The van der Waals surface area contributed by atoms with Crippen LogP contribution in [0, 0.1) is 29.9 Å². The number of aromatic amines is 1. The minimum Gasteiger partial charge on any atom is -0.460 e. The van der Waals surface area contributed by atoms with Crippen molar-refractivity contribution in [3.63, 3.8) is 0 Å². The lowest BCUT2D eigenvalue weighted by Gasteiger charge is -2.39. The zero-order valence-corrected chi connectivity index (χ0v) is 29.8. The van der Waals surface area contributed by atoms with Crippen molar-refractivity contribution in [3.8, 4) is 17.3 Å². The van der Waals surface area contributed by atoms with E-state index in [1.807, 2.05) is 0 Å². The Bertz CT molecular complexity index is 2050. The molecule has 2 aromatic heterocycles. The molecule has 0 spiro atoms. The molecule has 270 valence electrons. The third-order valence-corrected chi connectivity index (χ3v) is 9.63. The minimum atomic E-state index is -2.15. The molecule has 12 nitrogen and oxygen atoms in total. The van der Waals surface area contributed by atoms with Gasteiger partial charge < -0.3 is 14.6 Å². The van der Waals surface area contributed by atoms with Gasteiger partial charge in [0, 0.05) is 39.5 Å². The Labute approximate surface area is 303 Å². The van der Waals surface area contributed by atoms with Gasteiger partial charge in [-0.1, -0.05) is 37.3 Å². The van der Waals surface area contributed by atoms with Crippen LogP contribution in [0.2, 0.25) is 0 Å². The molecule has 0 aliphatic carbocycles. The van der Waals surface area contributed by atoms with Crippen LogP contribution in [-0.4, -0.2) is 64.5 Å². The first-order valence-corrected chi connectivity index (χ1v) is 17.1. The third kappa shape index (κ3) is 8.65. The normalized spacial score (nSPS) is 13.5. The van der Waals surface area contributed by atoms with Gasteiger partial charge in [-0.3, -0.25) is 15.0 Å². The molecule has 0 radical (unpaired) electrons. The number of esters is 1. The minimum absolute atomic E-state index is 0.0644. The molecule has 15 heteroatoms. The van der Waals surface area contributed by atoms with Gasteiger partial charge in [-0.05, 0) is 56.9 Å². The zero-order chi connectivity index (χ0) is 37.4. The number of hydrogen-bond donors (Lipinski definition) is 3. The number of aliphatic hydroxyl groups is 1. The van der Waals surface area contributed by atoms with Crippen LogP contribution in [-0.2, 0) is 26.5 Å². The van der Waals surface area contributed by atoms with E-state index in [2.05, 4.69) is 21.6 Å². The molecule has 3 N–H and O–H groups in total. The molecule has 2 heterocycles. The molecular formula is C37H38F2N7O5S+. The van der Waals surface area contributed by atoms with Crippen molar-refractivity contribution in [2.75, 3.05) is 32.6 Å². The fourth-order valence-electron chi connectivity index (χ4n) is 5.92. The van der Waals surface area contributed by atoms with E-state index in [0.29, 0.717) is 33.1 Å². The lowest BCUT2D eigenvalue weighted by Crippen LogP contribution is -2.54. The van der Waals surface area contributed by atoms with E-state index >= 15 is 4.39 Å². The SMILES string of the molecule is Cc1cccc(COC(=O)CN(C)C)c1NC(=O)OCCC([n+]1cn[nH]c1)[C@@](O)(c1cc(F)ccc1F)[C@H](C)c1nc(-c2ccc(C#N)cc2)cs1. The summed E-state index contributed by atoms with van der Waals surface area (Å²) in [6, 6.07) is 16.0. The molecule has 1 unspecified atom stereocenters. The van der Waals surface area contributed by atoms with Crippen molar-refractivity contribution in [3.05, 3.63) is 118 Å². The van der Waals surface area contributed by atoms with Crippen LogP contribution in [0.5, 0.6) is 0 Å². The number of nitrogens with one attached hydrogen (secondary N) is 2. The number of aryl methyl sites for hydroxylation is 1. The molecule has 3 aromatic carbocycles. The highest BCUT2D eigenvalue weighted by atomic mass is 32.1. The van der Waals surface area contributed by atoms with E-state index in [-0.39, 0.29) is 31.7 Å². The quantitative estimate of drug-likeness (QED) is 0.0956. The molecule has 0 aliphatic rings. The number of rotatable bonds is 14. The van der Waals surface area contributed by atoms with E-state index in [0.717, 1.165) is 23.8 Å². The Hall–Kier alpha value is -5.56. The van der Waals surface area contributed by atoms with Gasteiger partial charge >= 0.3 is 12.1 Å². The van der Waals surface area contributed by atoms with Crippen LogP contribution in [0.15, 0.2) is 78.7 Å². The number of aromatic nitrogens is 4. The first-order chi connectivity index (χ1) is 24.9. The number of halogens is 2. The lowest BCUT2D eigenvalue weighted by molar-refractivity contribution is -0.741. The molecule has 0 aliphatic heterocycles. The summed E-state index contributed by atoms with van der Waals surface area (Å²) in [5.41, 5.74) is 1.01. The number of nitriles is 1. The van der Waals surface area contributed by atoms with Crippen LogP contribution >= 0.6 is 11.3 Å². The Balaban J connectivity index is 1.41. The topological polar surface area (TPSA) is 157 Å². The number of hydrogen-bond acceptors (Lipinski definition) is 10. The molecule has 3 atom stereocenters. The monoisotopic (exact) mass is 730 g/mol. The van der Waals surface area contributed by atoms with E-state index in [1.165, 1.54) is 28.6 Å². The smallest absolute Gasteiger partial charge is 0.411 e. The fraction of sp³-hybridized carbons (Fsp3) is 0.297. The van der Waals surface area contributed by atoms with Crippen LogP contribution in [0.1, 0.15) is 52.6 Å². The Kier molecular flexibility index (Phi) is 12.1. The molecule has 5 rings (SSSR count). The van der Waals surface area contributed by atoms with Crippen molar-refractivity contribution in [2.45, 2.75) is 44.4 Å². The number of carbonyl (C=O) groups is 2. The van der Waals surface area contributed by atoms with Crippen LogP contribution in [0.25, 0.3) is 11.3 Å². The number of para-hydroxylation sites is 1. The second-order valence-electron chi connectivity index (χ2n) is 12.5. The summed E-state index contributed by atoms with van der Waals surface area (Å²) < 4.78 is 43.0. The van der Waals surface area contributed by atoms with Gasteiger partial charge in [-0.25, -0.2) is 23.1 Å². The Morgan fingerprint density at radius 2 is 1.92 bits per heavy atom. The van der Waals surface area contributed by atoms with Crippen molar-refractivity contribution in [1.82, 2.24) is 20.1 Å². The number of anilines is 1. The first-order valence-electron chi connectivity index (χ1n) is 16.3. The van der Waals surface area contributed by atoms with Crippen molar-refractivity contribution >= 4 is 29.1 Å². The number of H-pyrrole nitrogens is 1. The number of amides is 1. The molecule has 0 fully saturated rings. The lowest BCUT2D eigenvalue weighted by atomic mass is 9.75. The second-order valence-corrected chi connectivity index (χ2v) is 13.3. The molecular weight excluding hydrogens is 693 g/mol. The summed E-state index contributed by atoms with van der Waals surface area (Å²) in [6.45, 7) is 3.22. The van der Waals surface area contributed by atoms with E-state index in [4.69, 9.17) is 14.5 Å². The highest BCUT2D eigenvalue weighted by Crippen LogP contribution is 2.46. The van der Waals surface area contributed by atoms with Gasteiger partial charge in [0.25, 0.3) is 6.33 Å². The van der Waals surface area contributed by atoms with Crippen molar-refractivity contribution < 1.29 is 37.5 Å². The van der Waals surface area contributed by atoms with Gasteiger partial charge in [-0.2, -0.15) is 5.26 Å². The summed E-state index contributed by atoms with van der Waals surface area (Å²) in [6.07, 6.45) is 1.97. The maximum atomic E-state index is 15.7. The predicted octanol–water partition coefficient (Wildman–Crippen LogP) is 5.76. The van der Waals surface area contributed by atoms with Gasteiger partial charge in [0.15, 0.2) is 0 Å². The van der Waals surface area contributed by atoms with E-state index < -0.39 is 41.3 Å².